The van der Waals surface area contributed by atoms with Crippen LogP contribution in [0.1, 0.15) is 5.82 Å². The molecule has 0 saturated carbocycles. The van der Waals surface area contributed by atoms with Gasteiger partial charge in [0.15, 0.2) is 0 Å². The first-order valence-corrected chi connectivity index (χ1v) is 2.97. The zero-order valence-electron chi connectivity index (χ0n) is 6.37. The van der Waals surface area contributed by atoms with Crippen LogP contribution in [0.25, 0.3) is 0 Å². The largest absolute Gasteiger partial charge is 0.320 e. The molecule has 1 rings (SSSR count). The van der Waals surface area contributed by atoms with E-state index in [9.17, 15) is 0 Å². The van der Waals surface area contributed by atoms with E-state index in [1.54, 1.807) is 11.7 Å². The number of nitrogens with zero attached hydrogens (tertiary/aromatic N) is 4. The average Bonchev–Trinajstić information content (AvgIpc) is 2.09. The van der Waals surface area contributed by atoms with Crippen molar-refractivity contribution >= 4 is 0 Å². The highest BCUT2D eigenvalue weighted by Crippen LogP contribution is 1.81. The summed E-state index contributed by atoms with van der Waals surface area (Å²) in [6, 6.07) is 0. The lowest BCUT2D eigenvalue weighted by molar-refractivity contribution is 0.679. The lowest BCUT2D eigenvalue weighted by atomic mass is 10.7. The van der Waals surface area contributed by atoms with Crippen LogP contribution >= 0.6 is 0 Å². The molecule has 1 aromatic rings. The van der Waals surface area contributed by atoms with Crippen molar-refractivity contribution in [1.82, 2.24) is 14.3 Å². The van der Waals surface area contributed by atoms with Gasteiger partial charge in [0.2, 0.25) is 5.62 Å². The van der Waals surface area contributed by atoms with Gasteiger partial charge in [-0.15, -0.1) is 5.10 Å². The van der Waals surface area contributed by atoms with E-state index >= 15 is 0 Å². The minimum atomic E-state index is 0.664. The smallest absolute Gasteiger partial charge is 0.244 e. The fourth-order valence-corrected chi connectivity index (χ4v) is 0.861. The second kappa shape index (κ2) is 2.17. The Labute approximate surface area is 58.8 Å². The molecule has 0 aromatic carbocycles. The Morgan fingerprint density at radius 1 is 1.50 bits per heavy atom. The van der Waals surface area contributed by atoms with Crippen LogP contribution in [0, 0.1) is 6.92 Å². The van der Waals surface area contributed by atoms with Gasteiger partial charge in [-0.05, 0) is 6.92 Å². The van der Waals surface area contributed by atoms with Gasteiger partial charge in [0.05, 0.1) is 0 Å². The van der Waals surface area contributed by atoms with Crippen molar-refractivity contribution in [3.63, 3.8) is 0 Å². The second-order valence-electron chi connectivity index (χ2n) is 2.16. The molecule has 0 saturated heterocycles. The highest BCUT2D eigenvalue weighted by Gasteiger charge is 1.97. The summed E-state index contributed by atoms with van der Waals surface area (Å²) >= 11 is 0. The number of aryl methyl sites for hydroxylation is 2. The Kier molecular flexibility index (Phi) is 1.48. The second-order valence-corrected chi connectivity index (χ2v) is 2.16. The third-order valence-corrected chi connectivity index (χ3v) is 1.49. The third kappa shape index (κ3) is 0.792. The van der Waals surface area contributed by atoms with E-state index in [1.807, 2.05) is 18.5 Å². The lowest BCUT2D eigenvalue weighted by Gasteiger charge is -1.89. The van der Waals surface area contributed by atoms with Crippen molar-refractivity contribution in [2.45, 2.75) is 6.92 Å². The van der Waals surface area contributed by atoms with Gasteiger partial charge < -0.3 is 5.84 Å². The molecule has 0 atom stereocenters. The molecule has 0 bridgehead atoms. The van der Waals surface area contributed by atoms with Crippen LogP contribution in [0.2, 0.25) is 0 Å². The van der Waals surface area contributed by atoms with Gasteiger partial charge in [-0.25, -0.2) is 4.68 Å². The van der Waals surface area contributed by atoms with E-state index < -0.39 is 0 Å². The Hall–Kier alpha value is -1.26. The molecule has 0 fully saturated rings. The Morgan fingerprint density at radius 2 is 2.10 bits per heavy atom. The summed E-state index contributed by atoms with van der Waals surface area (Å²) in [5.41, 5.74) is 0.664. The number of hydrogen-bond acceptors (Lipinski definition) is 3. The van der Waals surface area contributed by atoms with E-state index in [0.717, 1.165) is 5.82 Å². The molecule has 56 valence electrons. The van der Waals surface area contributed by atoms with Crippen molar-refractivity contribution in [3.05, 3.63) is 11.4 Å². The van der Waals surface area contributed by atoms with Crippen LogP contribution in [0.15, 0.2) is 5.10 Å². The molecule has 10 heavy (non-hydrogen) atoms. The van der Waals surface area contributed by atoms with Crippen LogP contribution in [0.3, 0.4) is 0 Å². The molecular formula is C5H11N5. The minimum Gasteiger partial charge on any atom is -0.320 e. The maximum atomic E-state index is 5.11. The molecule has 0 spiro atoms. The van der Waals surface area contributed by atoms with Gasteiger partial charge in [-0.3, -0.25) is 4.57 Å². The van der Waals surface area contributed by atoms with Gasteiger partial charge in [0, 0.05) is 14.1 Å². The maximum Gasteiger partial charge on any atom is 0.244 e. The molecule has 1 aromatic heterocycles. The van der Waals surface area contributed by atoms with Gasteiger partial charge in [-0.2, -0.15) is 5.10 Å². The molecule has 0 unspecified atom stereocenters. The fourth-order valence-electron chi connectivity index (χ4n) is 0.861. The number of hydrogen-bond donors (Lipinski definition) is 1. The molecule has 0 aliphatic carbocycles. The van der Waals surface area contributed by atoms with Crippen LogP contribution in [0.4, 0.5) is 0 Å². The van der Waals surface area contributed by atoms with E-state index in [-0.39, 0.29) is 0 Å². The molecular weight excluding hydrogens is 130 g/mol. The topological polar surface area (TPSA) is 61.1 Å². The summed E-state index contributed by atoms with van der Waals surface area (Å²) in [6.07, 6.45) is 0. The highest BCUT2D eigenvalue weighted by molar-refractivity contribution is 4.79. The molecule has 0 radical (unpaired) electrons. The summed E-state index contributed by atoms with van der Waals surface area (Å²) in [4.78, 5) is 0. The maximum absolute atomic E-state index is 5.11. The number of aromatic nitrogens is 3. The summed E-state index contributed by atoms with van der Waals surface area (Å²) < 4.78 is 3.45. The normalized spacial score (nSPS) is 12.5. The SMILES string of the molecule is Cc1nn(C)c(=NN)n1C. The summed E-state index contributed by atoms with van der Waals surface area (Å²) in [5, 5.41) is 7.64. The highest BCUT2D eigenvalue weighted by atomic mass is 15.4. The lowest BCUT2D eigenvalue weighted by Crippen LogP contribution is -2.24. The summed E-state index contributed by atoms with van der Waals surface area (Å²) in [5.74, 6) is 6.00. The first kappa shape index (κ1) is 6.85. The molecule has 0 amide bonds. The van der Waals surface area contributed by atoms with Crippen molar-refractivity contribution in [1.29, 1.82) is 0 Å². The summed E-state index contributed by atoms with van der Waals surface area (Å²) in [7, 11) is 3.67. The number of rotatable bonds is 0. The predicted octanol–water partition coefficient (Wildman–Crippen LogP) is -1.16. The number of nitrogens with two attached hydrogens (primary N) is 1. The van der Waals surface area contributed by atoms with Gasteiger partial charge in [-0.1, -0.05) is 0 Å². The third-order valence-electron chi connectivity index (χ3n) is 1.49. The average molecular weight is 141 g/mol. The summed E-state index contributed by atoms with van der Waals surface area (Å²) in [6.45, 7) is 1.90. The van der Waals surface area contributed by atoms with E-state index in [0.29, 0.717) is 5.62 Å². The first-order chi connectivity index (χ1) is 4.66. The zero-order valence-corrected chi connectivity index (χ0v) is 6.37. The van der Waals surface area contributed by atoms with Crippen LogP contribution < -0.4 is 11.5 Å². The van der Waals surface area contributed by atoms with Crippen LogP contribution in [-0.4, -0.2) is 14.3 Å². The molecule has 0 aliphatic heterocycles. The van der Waals surface area contributed by atoms with Crippen LogP contribution in [-0.2, 0) is 14.1 Å². The van der Waals surface area contributed by atoms with Crippen molar-refractivity contribution in [3.8, 4) is 0 Å². The zero-order chi connectivity index (χ0) is 7.72. The van der Waals surface area contributed by atoms with Gasteiger partial charge >= 0.3 is 0 Å². The molecule has 5 heteroatoms. The van der Waals surface area contributed by atoms with E-state index in [1.165, 1.54) is 0 Å². The molecule has 2 N–H and O–H groups in total. The van der Waals surface area contributed by atoms with Crippen molar-refractivity contribution in [2.24, 2.45) is 25.0 Å². The van der Waals surface area contributed by atoms with Crippen molar-refractivity contribution in [2.75, 3.05) is 0 Å². The first-order valence-electron chi connectivity index (χ1n) is 2.97. The van der Waals surface area contributed by atoms with E-state index in [4.69, 9.17) is 5.84 Å². The fraction of sp³-hybridized carbons (Fsp3) is 0.600. The monoisotopic (exact) mass is 141 g/mol. The Bertz CT molecular complexity index is 291. The van der Waals surface area contributed by atoms with Crippen LogP contribution in [0.5, 0.6) is 0 Å². The molecule has 1 heterocycles. The Balaban J connectivity index is 3.50. The minimum absolute atomic E-state index is 0.664. The van der Waals surface area contributed by atoms with E-state index in [2.05, 4.69) is 10.2 Å². The van der Waals surface area contributed by atoms with Crippen molar-refractivity contribution < 1.29 is 0 Å². The Morgan fingerprint density at radius 3 is 2.30 bits per heavy atom. The van der Waals surface area contributed by atoms with Gasteiger partial charge in [0.1, 0.15) is 5.82 Å². The molecule has 0 aliphatic rings. The molecule has 5 nitrogen and oxygen atoms in total. The standard InChI is InChI=1S/C5H11N5/c1-4-8-10(3)5(7-6)9(4)2/h6H2,1-3H3. The quantitative estimate of drug-likeness (QED) is 0.366. The van der Waals surface area contributed by atoms with Gasteiger partial charge in [0.25, 0.3) is 0 Å². The predicted molar refractivity (Wildman–Crippen MR) is 36.7 cm³/mol.